The minimum Gasteiger partial charge on any atom is -0.497 e. The molecule has 1 aromatic heterocycles. The average Bonchev–Trinajstić information content (AvgIpc) is 3.26. The number of carbonyl (C=O) groups excluding carboxylic acids is 1. The Kier molecular flexibility index (Phi) is 7.72. The number of benzene rings is 3. The lowest BCUT2D eigenvalue weighted by Gasteiger charge is -2.14. The smallest absolute Gasteiger partial charge is 0.234 e. The topological polar surface area (TPSA) is 81.1 Å². The lowest BCUT2D eigenvalue weighted by atomic mass is 10.1. The van der Waals surface area contributed by atoms with E-state index in [1.165, 1.54) is 17.3 Å². The summed E-state index contributed by atoms with van der Waals surface area (Å²) in [4.78, 5) is 12.6. The number of nitrogens with one attached hydrogen (secondary N) is 2. The van der Waals surface area contributed by atoms with Crippen LogP contribution in [-0.2, 0) is 11.3 Å². The predicted octanol–water partition coefficient (Wildman–Crippen LogP) is 5.54. The molecule has 8 heteroatoms. The third-order valence-corrected chi connectivity index (χ3v) is 6.41. The number of amides is 1. The van der Waals surface area contributed by atoms with E-state index in [0.717, 1.165) is 39.8 Å². The molecule has 0 fully saturated rings. The Labute approximate surface area is 209 Å². The van der Waals surface area contributed by atoms with Gasteiger partial charge in [0.05, 0.1) is 25.1 Å². The van der Waals surface area contributed by atoms with Crippen molar-refractivity contribution >= 4 is 29.0 Å². The number of anilines is 2. The number of nitrogens with zero attached hydrogens (tertiary/aromatic N) is 3. The lowest BCUT2D eigenvalue weighted by Crippen LogP contribution is -2.15. The van der Waals surface area contributed by atoms with Crippen LogP contribution in [0.5, 0.6) is 5.75 Å². The molecule has 3 aromatic carbocycles. The minimum atomic E-state index is -0.116. The molecule has 4 aromatic rings. The van der Waals surface area contributed by atoms with Crippen molar-refractivity contribution in [1.82, 2.24) is 14.8 Å². The minimum absolute atomic E-state index is 0.116. The maximum absolute atomic E-state index is 12.6. The van der Waals surface area contributed by atoms with Gasteiger partial charge < -0.3 is 15.4 Å². The number of hydrogen-bond acceptors (Lipinski definition) is 6. The first-order chi connectivity index (χ1) is 16.9. The monoisotopic (exact) mass is 487 g/mol. The SMILES string of the molecule is COc1ccc(NC(=O)CSc2nnc(CNc3cccc(C)c3)n2-c2cc(C)ccc2C)cc1. The summed E-state index contributed by atoms with van der Waals surface area (Å²) >= 11 is 1.36. The van der Waals surface area contributed by atoms with Crippen LogP contribution in [0.25, 0.3) is 5.69 Å². The zero-order valence-corrected chi connectivity index (χ0v) is 21.1. The summed E-state index contributed by atoms with van der Waals surface area (Å²) in [5.74, 6) is 1.61. The van der Waals surface area contributed by atoms with Crippen molar-refractivity contribution in [2.45, 2.75) is 32.5 Å². The van der Waals surface area contributed by atoms with Crippen molar-refractivity contribution < 1.29 is 9.53 Å². The van der Waals surface area contributed by atoms with Gasteiger partial charge in [0.25, 0.3) is 0 Å². The van der Waals surface area contributed by atoms with Gasteiger partial charge in [-0.05, 0) is 79.9 Å². The van der Waals surface area contributed by atoms with Crippen LogP contribution in [0.4, 0.5) is 11.4 Å². The molecule has 0 saturated carbocycles. The van der Waals surface area contributed by atoms with Crippen molar-refractivity contribution in [2.24, 2.45) is 0 Å². The first-order valence-electron chi connectivity index (χ1n) is 11.3. The molecule has 180 valence electrons. The first-order valence-corrected chi connectivity index (χ1v) is 12.3. The number of ether oxygens (including phenoxy) is 1. The van der Waals surface area contributed by atoms with Gasteiger partial charge in [0.15, 0.2) is 11.0 Å². The third-order valence-electron chi connectivity index (χ3n) is 5.48. The van der Waals surface area contributed by atoms with Crippen molar-refractivity contribution in [1.29, 1.82) is 0 Å². The molecule has 0 aliphatic heterocycles. The largest absolute Gasteiger partial charge is 0.497 e. The number of hydrogen-bond donors (Lipinski definition) is 2. The van der Waals surface area contributed by atoms with E-state index in [9.17, 15) is 4.79 Å². The molecule has 4 rings (SSSR count). The molecule has 1 heterocycles. The normalized spacial score (nSPS) is 10.7. The summed E-state index contributed by atoms with van der Waals surface area (Å²) in [6.45, 7) is 6.70. The Morgan fingerprint density at radius 3 is 2.46 bits per heavy atom. The van der Waals surface area contributed by atoms with Gasteiger partial charge in [0.2, 0.25) is 5.91 Å². The van der Waals surface area contributed by atoms with Gasteiger partial charge in [0, 0.05) is 11.4 Å². The third kappa shape index (κ3) is 6.22. The van der Waals surface area contributed by atoms with Crippen LogP contribution >= 0.6 is 11.8 Å². The summed E-state index contributed by atoms with van der Waals surface area (Å²) in [5.41, 5.74) is 6.19. The molecule has 2 N–H and O–H groups in total. The second-order valence-electron chi connectivity index (χ2n) is 8.31. The van der Waals surface area contributed by atoms with Gasteiger partial charge in [0.1, 0.15) is 5.75 Å². The van der Waals surface area contributed by atoms with E-state index in [4.69, 9.17) is 4.74 Å². The summed E-state index contributed by atoms with van der Waals surface area (Å²) < 4.78 is 7.21. The van der Waals surface area contributed by atoms with Gasteiger partial charge in [-0.2, -0.15) is 0 Å². The predicted molar refractivity (Wildman–Crippen MR) is 142 cm³/mol. The van der Waals surface area contributed by atoms with E-state index in [-0.39, 0.29) is 11.7 Å². The van der Waals surface area contributed by atoms with Crippen molar-refractivity contribution in [3.63, 3.8) is 0 Å². The van der Waals surface area contributed by atoms with Crippen LogP contribution in [0.3, 0.4) is 0 Å². The molecule has 0 unspecified atom stereocenters. The Bertz CT molecular complexity index is 1320. The molecular weight excluding hydrogens is 458 g/mol. The van der Waals surface area contributed by atoms with Gasteiger partial charge >= 0.3 is 0 Å². The van der Waals surface area contributed by atoms with E-state index < -0.39 is 0 Å². The molecule has 0 spiro atoms. The van der Waals surface area contributed by atoms with Gasteiger partial charge in [-0.25, -0.2) is 0 Å². The highest BCUT2D eigenvalue weighted by molar-refractivity contribution is 7.99. The van der Waals surface area contributed by atoms with Gasteiger partial charge in [-0.3, -0.25) is 9.36 Å². The van der Waals surface area contributed by atoms with E-state index >= 15 is 0 Å². The molecule has 1 amide bonds. The Balaban J connectivity index is 1.53. The summed E-state index contributed by atoms with van der Waals surface area (Å²) in [6.07, 6.45) is 0. The first kappa shape index (κ1) is 24.3. The van der Waals surface area contributed by atoms with Crippen LogP contribution < -0.4 is 15.4 Å². The summed E-state index contributed by atoms with van der Waals surface area (Å²) in [5, 5.41) is 15.9. The van der Waals surface area contributed by atoms with Crippen molar-refractivity contribution in [2.75, 3.05) is 23.5 Å². The lowest BCUT2D eigenvalue weighted by molar-refractivity contribution is -0.113. The molecule has 0 aliphatic carbocycles. The molecule has 0 bridgehead atoms. The van der Waals surface area contributed by atoms with E-state index in [2.05, 4.69) is 71.9 Å². The van der Waals surface area contributed by atoms with E-state index in [1.54, 1.807) is 7.11 Å². The van der Waals surface area contributed by atoms with Crippen molar-refractivity contribution in [3.8, 4) is 11.4 Å². The number of aromatic nitrogens is 3. The zero-order valence-electron chi connectivity index (χ0n) is 20.3. The fraction of sp³-hybridized carbons (Fsp3) is 0.222. The average molecular weight is 488 g/mol. The van der Waals surface area contributed by atoms with Crippen molar-refractivity contribution in [3.05, 3.63) is 89.2 Å². The highest BCUT2D eigenvalue weighted by atomic mass is 32.2. The fourth-order valence-corrected chi connectivity index (χ4v) is 4.41. The Morgan fingerprint density at radius 2 is 1.71 bits per heavy atom. The van der Waals surface area contributed by atoms with Crippen LogP contribution in [0.1, 0.15) is 22.5 Å². The maximum atomic E-state index is 12.6. The zero-order chi connectivity index (χ0) is 24.8. The van der Waals surface area contributed by atoms with Crippen LogP contribution in [-0.4, -0.2) is 33.5 Å². The Hall–Kier alpha value is -3.78. The maximum Gasteiger partial charge on any atom is 0.234 e. The van der Waals surface area contributed by atoms with Gasteiger partial charge in [-0.1, -0.05) is 36.0 Å². The van der Waals surface area contributed by atoms with E-state index in [1.807, 2.05) is 41.0 Å². The Morgan fingerprint density at radius 1 is 0.943 bits per heavy atom. The second kappa shape index (κ2) is 11.1. The highest BCUT2D eigenvalue weighted by Gasteiger charge is 2.18. The number of thioether (sulfide) groups is 1. The molecule has 0 radical (unpaired) electrons. The summed E-state index contributed by atoms with van der Waals surface area (Å²) in [6, 6.07) is 21.8. The van der Waals surface area contributed by atoms with Crippen LogP contribution in [0, 0.1) is 20.8 Å². The van der Waals surface area contributed by atoms with Crippen LogP contribution in [0.2, 0.25) is 0 Å². The number of aryl methyl sites for hydroxylation is 3. The van der Waals surface area contributed by atoms with Crippen LogP contribution in [0.15, 0.2) is 71.9 Å². The molecular formula is C27H29N5O2S. The number of methoxy groups -OCH3 is 1. The number of rotatable bonds is 9. The molecule has 7 nitrogen and oxygen atoms in total. The van der Waals surface area contributed by atoms with E-state index in [0.29, 0.717) is 11.7 Å². The molecule has 35 heavy (non-hydrogen) atoms. The standard InChI is InChI=1S/C27H29N5O2S/c1-18-6-5-7-22(14-18)28-16-25-30-31-27(32(25)24-15-19(2)8-9-20(24)3)35-17-26(33)29-21-10-12-23(34-4)13-11-21/h5-15,28H,16-17H2,1-4H3,(H,29,33). The van der Waals surface area contributed by atoms with Gasteiger partial charge in [-0.15, -0.1) is 10.2 Å². The second-order valence-corrected chi connectivity index (χ2v) is 9.26. The molecule has 0 aliphatic rings. The molecule has 0 saturated heterocycles. The highest BCUT2D eigenvalue weighted by Crippen LogP contribution is 2.26. The quantitative estimate of drug-likeness (QED) is 0.302. The molecule has 0 atom stereocenters. The summed E-state index contributed by atoms with van der Waals surface area (Å²) in [7, 11) is 1.61. The number of carbonyl (C=O) groups is 1. The fourth-order valence-electron chi connectivity index (χ4n) is 3.65.